The molecule has 7 heteroatoms. The standard InChI is InChI=1S/C13H24N4O2S/c1-5-6-17(4)13-16-11(14)10(20-13)12(19)15-9(7-18)8(2)3/h8-9,18H,5-7,14H2,1-4H3,(H,15,19). The van der Waals surface area contributed by atoms with Crippen molar-refractivity contribution in [1.29, 1.82) is 0 Å². The van der Waals surface area contributed by atoms with E-state index in [4.69, 9.17) is 5.73 Å². The van der Waals surface area contributed by atoms with Crippen molar-refractivity contribution in [2.75, 3.05) is 30.8 Å². The van der Waals surface area contributed by atoms with Crippen LogP contribution in [-0.2, 0) is 0 Å². The Hall–Kier alpha value is -1.34. The van der Waals surface area contributed by atoms with E-state index in [1.165, 1.54) is 11.3 Å². The molecule has 1 unspecified atom stereocenters. The second-order valence-corrected chi connectivity index (χ2v) is 6.12. The Morgan fingerprint density at radius 2 is 2.20 bits per heavy atom. The van der Waals surface area contributed by atoms with Gasteiger partial charge in [0.25, 0.3) is 5.91 Å². The molecule has 0 aliphatic rings. The van der Waals surface area contributed by atoms with Crippen LogP contribution in [-0.4, -0.2) is 42.2 Å². The average Bonchev–Trinajstić information content (AvgIpc) is 2.78. The minimum Gasteiger partial charge on any atom is -0.394 e. The van der Waals surface area contributed by atoms with Gasteiger partial charge in [0.1, 0.15) is 10.7 Å². The van der Waals surface area contributed by atoms with E-state index in [0.717, 1.165) is 18.1 Å². The minimum absolute atomic E-state index is 0.0925. The second-order valence-electron chi connectivity index (χ2n) is 5.14. The van der Waals surface area contributed by atoms with Gasteiger partial charge in [-0.2, -0.15) is 0 Å². The number of rotatable bonds is 7. The molecule has 0 spiro atoms. The monoisotopic (exact) mass is 300 g/mol. The Kier molecular flexibility index (Phi) is 6.22. The number of nitrogen functional groups attached to an aromatic ring is 1. The second kappa shape index (κ2) is 7.44. The van der Waals surface area contributed by atoms with Gasteiger partial charge in [0.15, 0.2) is 5.13 Å². The molecule has 1 amide bonds. The molecule has 1 aromatic heterocycles. The van der Waals surface area contributed by atoms with Crippen LogP contribution in [0.4, 0.5) is 10.9 Å². The number of aliphatic hydroxyl groups is 1. The number of aromatic nitrogens is 1. The van der Waals surface area contributed by atoms with E-state index in [2.05, 4.69) is 17.2 Å². The topological polar surface area (TPSA) is 91.5 Å². The number of aliphatic hydroxyl groups excluding tert-OH is 1. The van der Waals surface area contributed by atoms with Gasteiger partial charge in [0.05, 0.1) is 12.6 Å². The van der Waals surface area contributed by atoms with Gasteiger partial charge < -0.3 is 21.1 Å². The van der Waals surface area contributed by atoms with Crippen molar-refractivity contribution in [2.45, 2.75) is 33.2 Å². The van der Waals surface area contributed by atoms with E-state index in [0.29, 0.717) is 4.88 Å². The Morgan fingerprint density at radius 1 is 1.55 bits per heavy atom. The van der Waals surface area contributed by atoms with Crippen LogP contribution in [0.2, 0.25) is 0 Å². The molecule has 1 rings (SSSR count). The van der Waals surface area contributed by atoms with Crippen LogP contribution in [0.3, 0.4) is 0 Å². The molecule has 1 atom stereocenters. The highest BCUT2D eigenvalue weighted by Gasteiger charge is 2.21. The van der Waals surface area contributed by atoms with E-state index in [-0.39, 0.29) is 30.3 Å². The highest BCUT2D eigenvalue weighted by Crippen LogP contribution is 2.27. The third kappa shape index (κ3) is 4.08. The van der Waals surface area contributed by atoms with Crippen LogP contribution in [0, 0.1) is 5.92 Å². The van der Waals surface area contributed by atoms with E-state index in [1.807, 2.05) is 25.8 Å². The van der Waals surface area contributed by atoms with Crippen molar-refractivity contribution in [1.82, 2.24) is 10.3 Å². The molecular weight excluding hydrogens is 276 g/mol. The predicted octanol–water partition coefficient (Wildman–Crippen LogP) is 1.32. The summed E-state index contributed by atoms with van der Waals surface area (Å²) in [6, 6.07) is -0.277. The Labute approximate surface area is 124 Å². The minimum atomic E-state index is -0.277. The lowest BCUT2D eigenvalue weighted by Gasteiger charge is -2.19. The summed E-state index contributed by atoms with van der Waals surface area (Å²) in [6.45, 7) is 6.73. The maximum Gasteiger partial charge on any atom is 0.265 e. The van der Waals surface area contributed by atoms with Crippen LogP contribution in [0.1, 0.15) is 36.9 Å². The number of thiazole rings is 1. The molecule has 1 aromatic rings. The maximum atomic E-state index is 12.2. The smallest absolute Gasteiger partial charge is 0.265 e. The maximum absolute atomic E-state index is 12.2. The fourth-order valence-electron chi connectivity index (χ4n) is 1.73. The van der Waals surface area contributed by atoms with E-state index >= 15 is 0 Å². The van der Waals surface area contributed by atoms with Crippen molar-refractivity contribution in [2.24, 2.45) is 5.92 Å². The van der Waals surface area contributed by atoms with Gasteiger partial charge in [-0.3, -0.25) is 4.79 Å². The van der Waals surface area contributed by atoms with E-state index < -0.39 is 0 Å². The normalized spacial score (nSPS) is 12.5. The zero-order valence-corrected chi connectivity index (χ0v) is 13.3. The molecule has 6 nitrogen and oxygen atoms in total. The van der Waals surface area contributed by atoms with Crippen molar-refractivity contribution in [3.8, 4) is 0 Å². The third-order valence-electron chi connectivity index (χ3n) is 3.05. The summed E-state index contributed by atoms with van der Waals surface area (Å²) in [4.78, 5) is 18.8. The zero-order valence-electron chi connectivity index (χ0n) is 12.5. The largest absolute Gasteiger partial charge is 0.394 e. The molecule has 0 saturated heterocycles. The van der Waals surface area contributed by atoms with Crippen molar-refractivity contribution in [3.63, 3.8) is 0 Å². The van der Waals surface area contributed by atoms with Crippen molar-refractivity contribution >= 4 is 28.2 Å². The summed E-state index contributed by atoms with van der Waals surface area (Å²) in [5.41, 5.74) is 5.82. The van der Waals surface area contributed by atoms with Gasteiger partial charge in [0.2, 0.25) is 0 Å². The lowest BCUT2D eigenvalue weighted by Crippen LogP contribution is -2.41. The zero-order chi connectivity index (χ0) is 15.3. The Balaban J connectivity index is 2.83. The number of nitrogens with one attached hydrogen (secondary N) is 1. The highest BCUT2D eigenvalue weighted by molar-refractivity contribution is 7.18. The highest BCUT2D eigenvalue weighted by atomic mass is 32.1. The molecule has 0 bridgehead atoms. The van der Waals surface area contributed by atoms with Crippen LogP contribution in [0.15, 0.2) is 0 Å². The number of carbonyl (C=O) groups excluding carboxylic acids is 1. The van der Waals surface area contributed by atoms with Crippen LogP contribution in [0.25, 0.3) is 0 Å². The third-order valence-corrected chi connectivity index (χ3v) is 4.24. The fourth-order valence-corrected chi connectivity index (χ4v) is 2.61. The van der Waals surface area contributed by atoms with Gasteiger partial charge in [-0.25, -0.2) is 4.98 Å². The summed E-state index contributed by atoms with van der Waals surface area (Å²) in [6.07, 6.45) is 0.997. The summed E-state index contributed by atoms with van der Waals surface area (Å²) in [5.74, 6) is 0.120. The fraction of sp³-hybridized carbons (Fsp3) is 0.692. The van der Waals surface area contributed by atoms with Crippen LogP contribution >= 0.6 is 11.3 Å². The molecule has 0 aromatic carbocycles. The molecule has 0 saturated carbocycles. The van der Waals surface area contributed by atoms with Gasteiger partial charge in [0, 0.05) is 13.6 Å². The predicted molar refractivity (Wildman–Crippen MR) is 83.3 cm³/mol. The van der Waals surface area contributed by atoms with E-state index in [9.17, 15) is 9.90 Å². The van der Waals surface area contributed by atoms with E-state index in [1.54, 1.807) is 0 Å². The first-order valence-electron chi connectivity index (χ1n) is 6.79. The summed E-state index contributed by atoms with van der Waals surface area (Å²) in [7, 11) is 1.92. The molecule has 0 aliphatic carbocycles. The van der Waals surface area contributed by atoms with Gasteiger partial charge in [-0.15, -0.1) is 0 Å². The Bertz CT molecular complexity index is 448. The molecule has 1 heterocycles. The number of nitrogens with two attached hydrogens (primary N) is 1. The number of amides is 1. The molecule has 20 heavy (non-hydrogen) atoms. The molecule has 0 aliphatic heterocycles. The first kappa shape index (κ1) is 16.7. The van der Waals surface area contributed by atoms with Crippen molar-refractivity contribution in [3.05, 3.63) is 4.88 Å². The van der Waals surface area contributed by atoms with Gasteiger partial charge >= 0.3 is 0 Å². The molecule has 0 radical (unpaired) electrons. The van der Waals surface area contributed by atoms with Crippen LogP contribution in [0.5, 0.6) is 0 Å². The first-order valence-corrected chi connectivity index (χ1v) is 7.61. The number of hydrogen-bond acceptors (Lipinski definition) is 6. The quantitative estimate of drug-likeness (QED) is 0.706. The summed E-state index contributed by atoms with van der Waals surface area (Å²) in [5, 5.41) is 12.8. The van der Waals surface area contributed by atoms with Crippen LogP contribution < -0.4 is 16.0 Å². The molecular formula is C13H24N4O2S. The average molecular weight is 300 g/mol. The number of hydrogen-bond donors (Lipinski definition) is 3. The SMILES string of the molecule is CCCN(C)c1nc(N)c(C(=O)NC(CO)C(C)C)s1. The van der Waals surface area contributed by atoms with Gasteiger partial charge in [-0.1, -0.05) is 32.1 Å². The lowest BCUT2D eigenvalue weighted by molar-refractivity contribution is 0.0901. The molecule has 114 valence electrons. The summed E-state index contributed by atoms with van der Waals surface area (Å²) >= 11 is 1.28. The Morgan fingerprint density at radius 3 is 2.70 bits per heavy atom. The van der Waals surface area contributed by atoms with Gasteiger partial charge in [-0.05, 0) is 12.3 Å². The molecule has 4 N–H and O–H groups in total. The summed E-state index contributed by atoms with van der Waals surface area (Å²) < 4.78 is 0. The number of anilines is 2. The van der Waals surface area contributed by atoms with Crippen molar-refractivity contribution < 1.29 is 9.90 Å². The first-order chi connectivity index (χ1) is 9.40. The molecule has 0 fully saturated rings. The number of nitrogens with zero attached hydrogens (tertiary/aromatic N) is 2. The lowest BCUT2D eigenvalue weighted by atomic mass is 10.1. The number of carbonyl (C=O) groups is 1.